The van der Waals surface area contributed by atoms with Gasteiger partial charge in [-0.15, -0.1) is 0 Å². The quantitative estimate of drug-likeness (QED) is 0.769. The molecule has 0 saturated carbocycles. The third-order valence-corrected chi connectivity index (χ3v) is 6.41. The van der Waals surface area contributed by atoms with Crippen LogP contribution in [0.25, 0.3) is 0 Å². The molecular formula is C20H20F3N3O3S. The molecule has 2 atom stereocenters. The molecule has 1 amide bonds. The summed E-state index contributed by atoms with van der Waals surface area (Å²) < 4.78 is 62.8. The molecule has 0 spiro atoms. The Morgan fingerprint density at radius 2 is 1.73 bits per heavy atom. The Labute approximate surface area is 172 Å². The Morgan fingerprint density at radius 1 is 1.13 bits per heavy atom. The first-order valence-corrected chi connectivity index (χ1v) is 10.8. The van der Waals surface area contributed by atoms with E-state index in [0.717, 1.165) is 23.3 Å². The SMILES string of the molecule is CN1C(=N)N[C@](C)(c2cccc(S(C)(=O)=O)c2)[C@H](c2ccc(C(F)(F)F)cc2)C1=O. The highest BCUT2D eigenvalue weighted by Crippen LogP contribution is 2.42. The molecule has 3 rings (SSSR count). The van der Waals surface area contributed by atoms with Crippen LogP contribution in [0.2, 0.25) is 0 Å². The second-order valence-corrected chi connectivity index (χ2v) is 9.44. The van der Waals surface area contributed by atoms with E-state index >= 15 is 0 Å². The molecule has 2 aromatic rings. The Hall–Kier alpha value is -2.88. The first-order chi connectivity index (χ1) is 13.7. The van der Waals surface area contributed by atoms with E-state index < -0.39 is 38.9 Å². The maximum absolute atomic E-state index is 13.1. The van der Waals surface area contributed by atoms with Crippen molar-refractivity contribution in [2.45, 2.75) is 29.5 Å². The minimum atomic E-state index is -4.51. The second kappa shape index (κ2) is 7.12. The Balaban J connectivity index is 2.17. The lowest BCUT2D eigenvalue weighted by Gasteiger charge is -2.46. The van der Waals surface area contributed by atoms with Crippen molar-refractivity contribution in [1.82, 2.24) is 10.2 Å². The summed E-state index contributed by atoms with van der Waals surface area (Å²) in [4.78, 5) is 14.2. The van der Waals surface area contributed by atoms with Crippen molar-refractivity contribution >= 4 is 21.7 Å². The number of alkyl halides is 3. The number of likely N-dealkylation sites (N-methyl/N-ethyl adjacent to an activating group) is 1. The monoisotopic (exact) mass is 439 g/mol. The van der Waals surface area contributed by atoms with Crippen LogP contribution in [-0.4, -0.2) is 38.5 Å². The van der Waals surface area contributed by atoms with Gasteiger partial charge < -0.3 is 5.32 Å². The van der Waals surface area contributed by atoms with Gasteiger partial charge in [0.2, 0.25) is 5.91 Å². The van der Waals surface area contributed by atoms with E-state index in [1.807, 2.05) is 0 Å². The fourth-order valence-electron chi connectivity index (χ4n) is 3.58. The van der Waals surface area contributed by atoms with Crippen LogP contribution >= 0.6 is 0 Å². The Bertz CT molecular complexity index is 1110. The van der Waals surface area contributed by atoms with Gasteiger partial charge >= 0.3 is 6.18 Å². The third kappa shape index (κ3) is 3.79. The van der Waals surface area contributed by atoms with Crippen molar-refractivity contribution in [2.75, 3.05) is 13.3 Å². The van der Waals surface area contributed by atoms with Crippen LogP contribution in [0.4, 0.5) is 13.2 Å². The third-order valence-electron chi connectivity index (χ3n) is 5.30. The molecular weight excluding hydrogens is 419 g/mol. The molecule has 10 heteroatoms. The lowest BCUT2D eigenvalue weighted by atomic mass is 9.73. The van der Waals surface area contributed by atoms with Crippen LogP contribution in [0.5, 0.6) is 0 Å². The first-order valence-electron chi connectivity index (χ1n) is 8.87. The highest BCUT2D eigenvalue weighted by atomic mass is 32.2. The molecule has 160 valence electrons. The highest BCUT2D eigenvalue weighted by molar-refractivity contribution is 7.90. The number of nitrogens with one attached hydrogen (secondary N) is 2. The molecule has 2 N–H and O–H groups in total. The molecule has 1 saturated heterocycles. The summed E-state index contributed by atoms with van der Waals surface area (Å²) in [6.07, 6.45) is -3.46. The molecule has 0 unspecified atom stereocenters. The van der Waals surface area contributed by atoms with E-state index in [4.69, 9.17) is 5.41 Å². The minimum Gasteiger partial charge on any atom is -0.346 e. The van der Waals surface area contributed by atoms with Gasteiger partial charge in [0.15, 0.2) is 15.8 Å². The van der Waals surface area contributed by atoms with E-state index in [0.29, 0.717) is 11.1 Å². The fraction of sp³-hybridized carbons (Fsp3) is 0.300. The van der Waals surface area contributed by atoms with Crippen LogP contribution in [0, 0.1) is 5.41 Å². The number of benzene rings is 2. The van der Waals surface area contributed by atoms with Crippen molar-refractivity contribution < 1.29 is 26.4 Å². The maximum Gasteiger partial charge on any atom is 0.416 e. The van der Waals surface area contributed by atoms with Gasteiger partial charge in [-0.2, -0.15) is 13.2 Å². The average Bonchev–Trinajstić information content (AvgIpc) is 2.65. The summed E-state index contributed by atoms with van der Waals surface area (Å²) in [5.74, 6) is -1.69. The van der Waals surface area contributed by atoms with Crippen LogP contribution in [0.3, 0.4) is 0 Å². The Kier molecular flexibility index (Phi) is 5.18. The van der Waals surface area contributed by atoms with E-state index in [9.17, 15) is 26.4 Å². The number of guanidine groups is 1. The van der Waals surface area contributed by atoms with E-state index in [2.05, 4.69) is 5.32 Å². The molecule has 0 aliphatic carbocycles. The topological polar surface area (TPSA) is 90.3 Å². The van der Waals surface area contributed by atoms with Gasteiger partial charge in [0.1, 0.15) is 0 Å². The van der Waals surface area contributed by atoms with Crippen LogP contribution in [-0.2, 0) is 26.3 Å². The van der Waals surface area contributed by atoms with E-state index in [-0.39, 0.29) is 10.9 Å². The van der Waals surface area contributed by atoms with E-state index in [1.54, 1.807) is 13.0 Å². The number of carbonyl (C=O) groups is 1. The molecule has 1 heterocycles. The van der Waals surface area contributed by atoms with Gasteiger partial charge in [0, 0.05) is 13.3 Å². The van der Waals surface area contributed by atoms with Gasteiger partial charge in [-0.3, -0.25) is 15.1 Å². The predicted molar refractivity (Wildman–Crippen MR) is 105 cm³/mol. The number of amides is 1. The smallest absolute Gasteiger partial charge is 0.346 e. The number of halogens is 3. The summed E-state index contributed by atoms with van der Waals surface area (Å²) in [6.45, 7) is 1.62. The summed E-state index contributed by atoms with van der Waals surface area (Å²) in [6, 6.07) is 10.2. The molecule has 0 bridgehead atoms. The summed E-state index contributed by atoms with van der Waals surface area (Å²) in [7, 11) is -2.14. The Morgan fingerprint density at radius 3 is 2.27 bits per heavy atom. The lowest BCUT2D eigenvalue weighted by molar-refractivity contribution is -0.137. The molecule has 30 heavy (non-hydrogen) atoms. The lowest BCUT2D eigenvalue weighted by Crippen LogP contribution is -2.62. The van der Waals surface area contributed by atoms with Crippen molar-refractivity contribution in [2.24, 2.45) is 0 Å². The number of nitrogens with zero attached hydrogens (tertiary/aromatic N) is 1. The molecule has 6 nitrogen and oxygen atoms in total. The second-order valence-electron chi connectivity index (χ2n) is 7.43. The van der Waals surface area contributed by atoms with Gasteiger partial charge in [-0.1, -0.05) is 24.3 Å². The fourth-order valence-corrected chi connectivity index (χ4v) is 4.25. The number of carbonyl (C=O) groups excluding carboxylic acids is 1. The molecule has 2 aromatic carbocycles. The maximum atomic E-state index is 13.1. The minimum absolute atomic E-state index is 0.0344. The van der Waals surface area contributed by atoms with Crippen molar-refractivity contribution in [3.05, 3.63) is 65.2 Å². The zero-order valence-corrected chi connectivity index (χ0v) is 17.2. The summed E-state index contributed by atoms with van der Waals surface area (Å²) in [5, 5.41) is 11.0. The van der Waals surface area contributed by atoms with Gasteiger partial charge in [-0.25, -0.2) is 8.42 Å². The van der Waals surface area contributed by atoms with Crippen molar-refractivity contribution in [3.8, 4) is 0 Å². The van der Waals surface area contributed by atoms with Crippen molar-refractivity contribution in [1.29, 1.82) is 5.41 Å². The zero-order valence-electron chi connectivity index (χ0n) is 16.4. The number of rotatable bonds is 3. The molecule has 0 aromatic heterocycles. The molecule has 0 radical (unpaired) electrons. The van der Waals surface area contributed by atoms with Crippen LogP contribution < -0.4 is 5.32 Å². The summed E-state index contributed by atoms with van der Waals surface area (Å²) >= 11 is 0. The number of hydrogen-bond donors (Lipinski definition) is 2. The zero-order chi connectivity index (χ0) is 22.5. The molecule has 1 aliphatic rings. The predicted octanol–water partition coefficient (Wildman–Crippen LogP) is 3.10. The molecule has 1 aliphatic heterocycles. The highest BCUT2D eigenvalue weighted by Gasteiger charge is 2.48. The van der Waals surface area contributed by atoms with Crippen LogP contribution in [0.15, 0.2) is 53.4 Å². The largest absolute Gasteiger partial charge is 0.416 e. The van der Waals surface area contributed by atoms with E-state index in [1.165, 1.54) is 37.4 Å². The van der Waals surface area contributed by atoms with Gasteiger partial charge in [0.25, 0.3) is 0 Å². The normalized spacial score (nSPS) is 22.7. The van der Waals surface area contributed by atoms with Crippen molar-refractivity contribution in [3.63, 3.8) is 0 Å². The first kappa shape index (κ1) is 21.8. The molecule has 1 fully saturated rings. The average molecular weight is 439 g/mol. The van der Waals surface area contributed by atoms with Crippen LogP contribution in [0.1, 0.15) is 29.5 Å². The van der Waals surface area contributed by atoms with Gasteiger partial charge in [0.05, 0.1) is 21.9 Å². The number of hydrogen-bond acceptors (Lipinski definition) is 4. The number of sulfone groups is 1. The summed E-state index contributed by atoms with van der Waals surface area (Å²) in [5.41, 5.74) is -1.38. The standard InChI is InChI=1S/C20H20F3N3O3S/c1-19(14-5-4-6-15(11-14)30(3,28)29)16(17(27)26(2)18(24)25-19)12-7-9-13(10-8-12)20(21,22)23/h4-11,16H,1-3H3,(H2,24,25)/t16-,19-/m1/s1. The van der Waals surface area contributed by atoms with Gasteiger partial charge in [-0.05, 0) is 42.3 Å².